The summed E-state index contributed by atoms with van der Waals surface area (Å²) in [5.41, 5.74) is 0.534. The molecule has 2 N–H and O–H groups in total. The lowest BCUT2D eigenvalue weighted by molar-refractivity contribution is -0.138. The summed E-state index contributed by atoms with van der Waals surface area (Å²) in [7, 11) is -0.850. The third-order valence-electron chi connectivity index (χ3n) is 2.08. The van der Waals surface area contributed by atoms with Gasteiger partial charge in [-0.3, -0.25) is 4.79 Å². The molecule has 1 rings (SSSR count). The van der Waals surface area contributed by atoms with Gasteiger partial charge in [-0.1, -0.05) is 6.07 Å². The summed E-state index contributed by atoms with van der Waals surface area (Å²) >= 11 is 0. The van der Waals surface area contributed by atoms with Crippen molar-refractivity contribution in [2.45, 2.75) is 4.90 Å². The van der Waals surface area contributed by atoms with Crippen molar-refractivity contribution in [3.05, 3.63) is 24.3 Å². The molecule has 0 unspecified atom stereocenters. The molecule has 0 amide bonds. The van der Waals surface area contributed by atoms with Crippen LogP contribution in [-0.4, -0.2) is 35.1 Å². The lowest BCUT2D eigenvalue weighted by Gasteiger charge is -2.07. The summed E-state index contributed by atoms with van der Waals surface area (Å²) in [5, 5.41) is 2.77. The van der Waals surface area contributed by atoms with Crippen molar-refractivity contribution in [2.75, 3.05) is 26.0 Å². The van der Waals surface area contributed by atoms with Crippen molar-refractivity contribution in [1.82, 2.24) is 4.72 Å². The number of esters is 1. The van der Waals surface area contributed by atoms with Crippen LogP contribution in [0.15, 0.2) is 29.2 Å². The van der Waals surface area contributed by atoms with E-state index in [-0.39, 0.29) is 11.4 Å². The lowest BCUT2D eigenvalue weighted by Crippen LogP contribution is -2.19. The molecular weight excluding hydrogens is 244 g/mol. The SMILES string of the molecule is CNS(=O)(=O)c1cccc(NCC(=O)OC)c1. The lowest BCUT2D eigenvalue weighted by atomic mass is 10.3. The van der Waals surface area contributed by atoms with E-state index < -0.39 is 16.0 Å². The quantitative estimate of drug-likeness (QED) is 0.736. The van der Waals surface area contributed by atoms with Crippen LogP contribution < -0.4 is 10.0 Å². The highest BCUT2D eigenvalue weighted by molar-refractivity contribution is 7.89. The van der Waals surface area contributed by atoms with Gasteiger partial charge < -0.3 is 10.1 Å². The van der Waals surface area contributed by atoms with Gasteiger partial charge in [0.15, 0.2) is 0 Å². The van der Waals surface area contributed by atoms with E-state index in [2.05, 4.69) is 14.8 Å². The third kappa shape index (κ3) is 3.72. The first kappa shape index (κ1) is 13.5. The van der Waals surface area contributed by atoms with Gasteiger partial charge in [-0.2, -0.15) is 0 Å². The predicted octanol–water partition coefficient (Wildman–Crippen LogP) is 0.180. The second-order valence-electron chi connectivity index (χ2n) is 3.17. The number of carbonyl (C=O) groups is 1. The highest BCUT2D eigenvalue weighted by Gasteiger charge is 2.11. The van der Waals surface area contributed by atoms with Gasteiger partial charge in [0.25, 0.3) is 0 Å². The molecule has 0 bridgehead atoms. The molecule has 0 aliphatic carbocycles. The van der Waals surface area contributed by atoms with E-state index in [9.17, 15) is 13.2 Å². The Balaban J connectivity index is 2.83. The largest absolute Gasteiger partial charge is 0.468 e. The van der Waals surface area contributed by atoms with Crippen LogP contribution in [0.2, 0.25) is 0 Å². The molecule has 0 heterocycles. The molecule has 0 saturated carbocycles. The first-order valence-electron chi connectivity index (χ1n) is 4.84. The fourth-order valence-electron chi connectivity index (χ4n) is 1.14. The van der Waals surface area contributed by atoms with E-state index in [0.717, 1.165) is 0 Å². The summed E-state index contributed by atoms with van der Waals surface area (Å²) < 4.78 is 29.7. The van der Waals surface area contributed by atoms with Crippen LogP contribution >= 0.6 is 0 Å². The Hall–Kier alpha value is -1.60. The molecule has 0 aliphatic heterocycles. The molecule has 0 aliphatic rings. The van der Waals surface area contributed by atoms with Crippen LogP contribution in [0.5, 0.6) is 0 Å². The Morgan fingerprint density at radius 3 is 2.71 bits per heavy atom. The Morgan fingerprint density at radius 1 is 1.41 bits per heavy atom. The van der Waals surface area contributed by atoms with Gasteiger partial charge in [-0.05, 0) is 25.2 Å². The van der Waals surface area contributed by atoms with Gasteiger partial charge in [0.1, 0.15) is 6.54 Å². The summed E-state index contributed by atoms with van der Waals surface area (Å²) in [6.07, 6.45) is 0. The average molecular weight is 258 g/mol. The highest BCUT2D eigenvalue weighted by atomic mass is 32.2. The second-order valence-corrected chi connectivity index (χ2v) is 5.05. The number of rotatable bonds is 5. The molecular formula is C10H14N2O4S. The van der Waals surface area contributed by atoms with E-state index in [1.807, 2.05) is 0 Å². The molecule has 1 aromatic rings. The van der Waals surface area contributed by atoms with Crippen molar-refractivity contribution < 1.29 is 17.9 Å². The number of sulfonamides is 1. The summed E-state index contributed by atoms with van der Waals surface area (Å²) in [5.74, 6) is -0.424. The minimum Gasteiger partial charge on any atom is -0.468 e. The van der Waals surface area contributed by atoms with Gasteiger partial charge in [-0.25, -0.2) is 13.1 Å². The molecule has 7 heteroatoms. The molecule has 0 fully saturated rings. The van der Waals surface area contributed by atoms with Crippen molar-refractivity contribution in [2.24, 2.45) is 0 Å². The predicted molar refractivity (Wildman–Crippen MR) is 63.2 cm³/mol. The molecule has 0 radical (unpaired) electrons. The zero-order valence-corrected chi connectivity index (χ0v) is 10.4. The highest BCUT2D eigenvalue weighted by Crippen LogP contribution is 2.14. The van der Waals surface area contributed by atoms with Gasteiger partial charge in [0, 0.05) is 5.69 Å². The maximum Gasteiger partial charge on any atom is 0.325 e. The van der Waals surface area contributed by atoms with Crippen LogP contribution in [0.1, 0.15) is 0 Å². The van der Waals surface area contributed by atoms with Crippen molar-refractivity contribution >= 4 is 21.7 Å². The minimum absolute atomic E-state index is 0.0143. The van der Waals surface area contributed by atoms with E-state index in [1.165, 1.54) is 26.3 Å². The number of hydrogen-bond acceptors (Lipinski definition) is 5. The fraction of sp³-hybridized carbons (Fsp3) is 0.300. The second kappa shape index (κ2) is 5.65. The number of ether oxygens (including phenoxy) is 1. The molecule has 17 heavy (non-hydrogen) atoms. The number of carbonyl (C=O) groups excluding carboxylic acids is 1. The van der Waals surface area contributed by atoms with Crippen molar-refractivity contribution in [3.63, 3.8) is 0 Å². The number of benzene rings is 1. The number of hydrogen-bond donors (Lipinski definition) is 2. The van der Waals surface area contributed by atoms with Crippen molar-refractivity contribution in [3.8, 4) is 0 Å². The van der Waals surface area contributed by atoms with E-state index in [4.69, 9.17) is 0 Å². The molecule has 0 saturated heterocycles. The van der Waals surface area contributed by atoms with E-state index in [0.29, 0.717) is 5.69 Å². The number of anilines is 1. The van der Waals surface area contributed by atoms with Crippen LogP contribution in [0.25, 0.3) is 0 Å². The number of methoxy groups -OCH3 is 1. The molecule has 6 nitrogen and oxygen atoms in total. The maximum atomic E-state index is 11.5. The van der Waals surface area contributed by atoms with Crippen LogP contribution in [0.4, 0.5) is 5.69 Å². The normalized spacial score (nSPS) is 10.9. The summed E-state index contributed by atoms with van der Waals surface area (Å²) in [6.45, 7) is -0.0143. The smallest absolute Gasteiger partial charge is 0.325 e. The average Bonchev–Trinajstić information content (AvgIpc) is 2.36. The fourth-order valence-corrected chi connectivity index (χ4v) is 1.91. The molecule has 0 aromatic heterocycles. The van der Waals surface area contributed by atoms with Crippen LogP contribution in [-0.2, 0) is 19.6 Å². The monoisotopic (exact) mass is 258 g/mol. The first-order chi connectivity index (χ1) is 7.99. The summed E-state index contributed by atoms with van der Waals surface area (Å²) in [6, 6.07) is 6.16. The zero-order chi connectivity index (χ0) is 12.9. The molecule has 0 atom stereocenters. The van der Waals surface area contributed by atoms with E-state index in [1.54, 1.807) is 12.1 Å². The van der Waals surface area contributed by atoms with Gasteiger partial charge in [0.2, 0.25) is 10.0 Å². The Bertz CT molecular complexity index is 499. The van der Waals surface area contributed by atoms with Crippen molar-refractivity contribution in [1.29, 1.82) is 0 Å². The number of nitrogens with one attached hydrogen (secondary N) is 2. The summed E-state index contributed by atoms with van der Waals surface area (Å²) in [4.78, 5) is 11.0. The van der Waals surface area contributed by atoms with Crippen LogP contribution in [0.3, 0.4) is 0 Å². The zero-order valence-electron chi connectivity index (χ0n) is 9.56. The molecule has 0 spiro atoms. The van der Waals surface area contributed by atoms with Gasteiger partial charge >= 0.3 is 5.97 Å². The van der Waals surface area contributed by atoms with Gasteiger partial charge in [-0.15, -0.1) is 0 Å². The molecule has 94 valence electrons. The van der Waals surface area contributed by atoms with Gasteiger partial charge in [0.05, 0.1) is 12.0 Å². The molecule has 1 aromatic carbocycles. The Morgan fingerprint density at radius 2 is 2.12 bits per heavy atom. The van der Waals surface area contributed by atoms with E-state index >= 15 is 0 Å². The maximum absolute atomic E-state index is 11.5. The standard InChI is InChI=1S/C10H14N2O4S/c1-11-17(14,15)9-5-3-4-8(6-9)12-7-10(13)16-2/h3-6,11-12H,7H2,1-2H3. The first-order valence-corrected chi connectivity index (χ1v) is 6.32. The third-order valence-corrected chi connectivity index (χ3v) is 3.49. The Labute approximate surface area is 100 Å². The minimum atomic E-state index is -3.47. The Kier molecular flexibility index (Phi) is 4.47. The topological polar surface area (TPSA) is 84.5 Å². The van der Waals surface area contributed by atoms with Crippen LogP contribution in [0, 0.1) is 0 Å².